The van der Waals surface area contributed by atoms with E-state index in [0.29, 0.717) is 0 Å². The van der Waals surface area contributed by atoms with Gasteiger partial charge in [0.1, 0.15) is 11.3 Å². The first-order valence-electron chi connectivity index (χ1n) is 7.20. The molecule has 0 aliphatic heterocycles. The molecule has 0 aliphatic carbocycles. The molecule has 1 atom stereocenters. The van der Waals surface area contributed by atoms with Gasteiger partial charge in [0.05, 0.1) is 6.04 Å². The lowest BCUT2D eigenvalue weighted by molar-refractivity contribution is 0.455. The first-order valence-corrected chi connectivity index (χ1v) is 8.35. The van der Waals surface area contributed by atoms with E-state index in [0.717, 1.165) is 35.8 Å². The third-order valence-electron chi connectivity index (χ3n) is 3.41. The van der Waals surface area contributed by atoms with Crippen LogP contribution in [0.5, 0.6) is 0 Å². The molecule has 0 bridgehead atoms. The molecular weight excluding hydrogens is 266 g/mol. The Balaban J connectivity index is 2.05. The van der Waals surface area contributed by atoms with E-state index in [-0.39, 0.29) is 6.04 Å². The van der Waals surface area contributed by atoms with Gasteiger partial charge in [-0.1, -0.05) is 31.2 Å². The van der Waals surface area contributed by atoms with Crippen molar-refractivity contribution in [2.75, 3.05) is 18.1 Å². The van der Waals surface area contributed by atoms with Crippen LogP contribution >= 0.6 is 11.8 Å². The minimum atomic E-state index is 0.252. The predicted octanol–water partition coefficient (Wildman–Crippen LogP) is 4.57. The molecule has 1 unspecified atom stereocenters. The van der Waals surface area contributed by atoms with Crippen LogP contribution in [0.1, 0.15) is 31.2 Å². The average molecular weight is 289 g/mol. The molecule has 0 amide bonds. The van der Waals surface area contributed by atoms with E-state index in [1.807, 2.05) is 30.0 Å². The van der Waals surface area contributed by atoms with Gasteiger partial charge in [0.2, 0.25) is 0 Å². The van der Waals surface area contributed by atoms with E-state index in [9.17, 15) is 0 Å². The minimum Gasteiger partial charge on any atom is -0.459 e. The molecule has 1 aromatic carbocycles. The van der Waals surface area contributed by atoms with E-state index in [1.165, 1.54) is 10.9 Å². The van der Waals surface area contributed by atoms with Crippen LogP contribution < -0.4 is 5.32 Å². The van der Waals surface area contributed by atoms with Gasteiger partial charge in [-0.25, -0.2) is 0 Å². The Labute approximate surface area is 125 Å². The van der Waals surface area contributed by atoms with Crippen LogP contribution in [0.25, 0.3) is 11.0 Å². The van der Waals surface area contributed by atoms with Crippen molar-refractivity contribution in [2.45, 2.75) is 26.3 Å². The zero-order valence-corrected chi connectivity index (χ0v) is 13.1. The van der Waals surface area contributed by atoms with Gasteiger partial charge in [0, 0.05) is 29.0 Å². The van der Waals surface area contributed by atoms with Gasteiger partial charge < -0.3 is 9.73 Å². The van der Waals surface area contributed by atoms with Crippen molar-refractivity contribution in [3.63, 3.8) is 0 Å². The lowest BCUT2D eigenvalue weighted by atomic mass is 10.1. The van der Waals surface area contributed by atoms with Crippen LogP contribution in [0.2, 0.25) is 0 Å². The monoisotopic (exact) mass is 289 g/mol. The lowest BCUT2D eigenvalue weighted by Gasteiger charge is -2.12. The summed E-state index contributed by atoms with van der Waals surface area (Å²) in [5.74, 6) is 3.20. The Morgan fingerprint density at radius 3 is 2.95 bits per heavy atom. The number of benzene rings is 1. The molecule has 0 fully saturated rings. The van der Waals surface area contributed by atoms with Crippen molar-refractivity contribution in [3.05, 3.63) is 48.2 Å². The normalized spacial score (nSPS) is 12.7. The second kappa shape index (κ2) is 7.55. The van der Waals surface area contributed by atoms with E-state index < -0.39 is 0 Å². The van der Waals surface area contributed by atoms with Gasteiger partial charge in [-0.3, -0.25) is 0 Å². The van der Waals surface area contributed by atoms with Crippen molar-refractivity contribution < 1.29 is 4.42 Å². The highest BCUT2D eigenvalue weighted by molar-refractivity contribution is 7.99. The largest absolute Gasteiger partial charge is 0.459 e. The molecule has 0 saturated heterocycles. The number of rotatable bonds is 8. The van der Waals surface area contributed by atoms with Crippen LogP contribution in [-0.2, 0) is 6.42 Å². The van der Waals surface area contributed by atoms with Gasteiger partial charge >= 0.3 is 0 Å². The maximum absolute atomic E-state index is 6.04. The van der Waals surface area contributed by atoms with Gasteiger partial charge in [-0.15, -0.1) is 6.58 Å². The fraction of sp³-hybridized carbons (Fsp3) is 0.412. The molecule has 2 nitrogen and oxygen atoms in total. The van der Waals surface area contributed by atoms with E-state index in [1.54, 1.807) is 0 Å². The first kappa shape index (κ1) is 15.2. The van der Waals surface area contributed by atoms with Crippen LogP contribution in [0, 0.1) is 0 Å². The fourth-order valence-electron chi connectivity index (χ4n) is 2.44. The summed E-state index contributed by atoms with van der Waals surface area (Å²) in [5, 5.41) is 4.79. The van der Waals surface area contributed by atoms with Gasteiger partial charge in [0.15, 0.2) is 0 Å². The number of nitrogens with one attached hydrogen (secondary N) is 1. The molecule has 1 aromatic heterocycles. The smallest absolute Gasteiger partial charge is 0.134 e. The highest BCUT2D eigenvalue weighted by Gasteiger charge is 2.17. The van der Waals surface area contributed by atoms with Crippen molar-refractivity contribution in [2.24, 2.45) is 0 Å². The molecule has 1 N–H and O–H groups in total. The van der Waals surface area contributed by atoms with E-state index in [4.69, 9.17) is 4.42 Å². The summed E-state index contributed by atoms with van der Waals surface area (Å²) in [5.41, 5.74) is 2.33. The highest BCUT2D eigenvalue weighted by Crippen LogP contribution is 2.30. The Morgan fingerprint density at radius 2 is 2.20 bits per heavy atom. The maximum Gasteiger partial charge on any atom is 0.134 e. The quantitative estimate of drug-likeness (QED) is 0.569. The van der Waals surface area contributed by atoms with Gasteiger partial charge in [-0.2, -0.15) is 11.8 Å². The second-order valence-electron chi connectivity index (χ2n) is 4.83. The Morgan fingerprint density at radius 1 is 1.40 bits per heavy atom. The molecule has 2 rings (SSSR count). The van der Waals surface area contributed by atoms with Crippen molar-refractivity contribution in [1.29, 1.82) is 0 Å². The van der Waals surface area contributed by atoms with Crippen molar-refractivity contribution in [1.82, 2.24) is 5.32 Å². The summed E-state index contributed by atoms with van der Waals surface area (Å²) in [6, 6.07) is 8.55. The molecule has 0 saturated carbocycles. The summed E-state index contributed by atoms with van der Waals surface area (Å²) >= 11 is 1.89. The molecule has 0 aliphatic rings. The molecule has 3 heteroatoms. The standard InChI is InChI=1S/C17H23NOS/c1-4-11-20-12-10-18-13(3)17-14(5-2)15-8-6-7-9-16(15)19-17/h4,6-9,13,18H,1,5,10-12H2,2-3H3. The minimum absolute atomic E-state index is 0.252. The SMILES string of the molecule is C=CCSCCNC(C)c1oc2ccccc2c1CC. The Hall–Kier alpha value is -1.19. The van der Waals surface area contributed by atoms with Crippen LogP contribution in [0.15, 0.2) is 41.3 Å². The van der Waals surface area contributed by atoms with Crippen LogP contribution in [0.3, 0.4) is 0 Å². The topological polar surface area (TPSA) is 25.2 Å². The van der Waals surface area contributed by atoms with E-state index in [2.05, 4.69) is 37.9 Å². The molecular formula is C17H23NOS. The number of thioether (sulfide) groups is 1. The molecule has 2 aromatic rings. The van der Waals surface area contributed by atoms with Gasteiger partial charge in [0.25, 0.3) is 0 Å². The number of hydrogen-bond acceptors (Lipinski definition) is 3. The summed E-state index contributed by atoms with van der Waals surface area (Å²) in [7, 11) is 0. The summed E-state index contributed by atoms with van der Waals surface area (Å²) in [6.45, 7) is 9.08. The molecule has 0 radical (unpaired) electrons. The average Bonchev–Trinajstić information content (AvgIpc) is 2.85. The Kier molecular flexibility index (Phi) is 5.74. The van der Waals surface area contributed by atoms with Gasteiger partial charge in [-0.05, 0) is 19.4 Å². The lowest BCUT2D eigenvalue weighted by Crippen LogP contribution is -2.21. The number of hydrogen-bond donors (Lipinski definition) is 1. The molecule has 20 heavy (non-hydrogen) atoms. The van der Waals surface area contributed by atoms with Crippen LogP contribution in [-0.4, -0.2) is 18.1 Å². The fourth-order valence-corrected chi connectivity index (χ4v) is 3.03. The van der Waals surface area contributed by atoms with Crippen molar-refractivity contribution in [3.8, 4) is 0 Å². The third kappa shape index (κ3) is 3.47. The maximum atomic E-state index is 6.04. The summed E-state index contributed by atoms with van der Waals surface area (Å²) < 4.78 is 6.04. The van der Waals surface area contributed by atoms with Crippen molar-refractivity contribution >= 4 is 22.7 Å². The third-order valence-corrected chi connectivity index (χ3v) is 4.37. The Bertz CT molecular complexity index is 561. The highest BCUT2D eigenvalue weighted by atomic mass is 32.2. The van der Waals surface area contributed by atoms with Crippen LogP contribution in [0.4, 0.5) is 0 Å². The summed E-state index contributed by atoms with van der Waals surface area (Å²) in [6.07, 6.45) is 2.95. The molecule has 108 valence electrons. The number of furan rings is 1. The first-order chi connectivity index (χ1) is 9.77. The zero-order valence-electron chi connectivity index (χ0n) is 12.3. The number of fused-ring (bicyclic) bond motifs is 1. The summed E-state index contributed by atoms with van der Waals surface area (Å²) in [4.78, 5) is 0. The second-order valence-corrected chi connectivity index (χ2v) is 5.98. The number of aryl methyl sites for hydroxylation is 1. The molecule has 0 spiro atoms. The zero-order chi connectivity index (χ0) is 14.4. The predicted molar refractivity (Wildman–Crippen MR) is 89.5 cm³/mol. The van der Waals surface area contributed by atoms with E-state index >= 15 is 0 Å². The number of para-hydroxylation sites is 1. The molecule has 1 heterocycles.